The Bertz CT molecular complexity index is 3670. The van der Waals surface area contributed by atoms with E-state index in [1.807, 2.05) is 18.2 Å². The highest BCUT2D eigenvalue weighted by molar-refractivity contribution is 6.75. The van der Waals surface area contributed by atoms with Crippen molar-refractivity contribution in [3.63, 3.8) is 0 Å². The molecule has 2 N–H and O–H groups in total. The third-order valence-corrected chi connectivity index (χ3v) is 46.2. The summed E-state index contributed by atoms with van der Waals surface area (Å²) in [6.45, 7) is 80.7. The van der Waals surface area contributed by atoms with Crippen LogP contribution in [0.1, 0.15) is 259 Å². The normalized spacial score (nSPS) is 38.6. The molecule has 0 spiro atoms. The fraction of sp³-hybridized carbons (Fsp3) is 0.833. The van der Waals surface area contributed by atoms with Gasteiger partial charge >= 0.3 is 12.1 Å². The van der Waals surface area contributed by atoms with Crippen molar-refractivity contribution in [2.75, 3.05) is 20.3 Å². The van der Waals surface area contributed by atoms with Crippen LogP contribution in [-0.4, -0.2) is 220 Å². The van der Waals surface area contributed by atoms with E-state index < -0.39 is 42.9 Å². The average molecular weight is 1820 g/mol. The van der Waals surface area contributed by atoms with Gasteiger partial charge in [0.05, 0.1) is 136 Å². The van der Waals surface area contributed by atoms with Crippen LogP contribution in [-0.2, 0) is 89.3 Å². The first-order valence-corrected chi connectivity index (χ1v) is 57.3. The lowest BCUT2D eigenvalue weighted by molar-refractivity contribution is -0.262. The molecule has 34 atom stereocenters. The Hall–Kier alpha value is -3.29. The molecule has 0 radical (unpaired) electrons. The van der Waals surface area contributed by atoms with Crippen molar-refractivity contribution in [2.24, 2.45) is 59.2 Å². The van der Waals surface area contributed by atoms with Gasteiger partial charge in [0.15, 0.2) is 36.5 Å². The predicted octanol–water partition coefficient (Wildman–Crippen LogP) is 20.4. The molecule has 4 unspecified atom stereocenters. The van der Waals surface area contributed by atoms with Crippen LogP contribution in [0.5, 0.6) is 0 Å². The Labute approximate surface area is 763 Å². The number of aliphatic hydroxyl groups excluding tert-OH is 2. The largest absolute Gasteiger partial charge is 0.469 e. The molecule has 12 heterocycles. The molecular formula is C102H172O21Si3. The summed E-state index contributed by atoms with van der Waals surface area (Å²) >= 11 is 0. The maximum atomic E-state index is 13.9. The predicted molar refractivity (Wildman–Crippen MR) is 502 cm³/mol. The molecule has 21 nitrogen and oxygen atoms in total. The zero-order chi connectivity index (χ0) is 93.4. The molecule has 0 aliphatic carbocycles. The topological polar surface area (TPSA) is 247 Å². The molecule has 24 heteroatoms. The summed E-state index contributed by atoms with van der Waals surface area (Å²) in [6.07, 6.45) is 21.6. The van der Waals surface area contributed by atoms with Crippen molar-refractivity contribution in [2.45, 2.75) is 460 Å². The number of carbonyl (C=O) groups is 2. The number of ether oxygens (including phenoxy) is 12. The second kappa shape index (κ2) is 44.9. The molecule has 0 amide bonds. The van der Waals surface area contributed by atoms with Crippen molar-refractivity contribution in [1.82, 2.24) is 0 Å². The summed E-state index contributed by atoms with van der Waals surface area (Å²) in [5, 5.41) is 19.6. The minimum atomic E-state index is -2.33. The minimum Gasteiger partial charge on any atom is -0.469 e. The van der Waals surface area contributed by atoms with Gasteiger partial charge in [-0.3, -0.25) is 9.59 Å². The molecule has 12 saturated heterocycles. The van der Waals surface area contributed by atoms with E-state index in [4.69, 9.17) is 79.7 Å². The van der Waals surface area contributed by atoms with Crippen molar-refractivity contribution in [3.8, 4) is 0 Å². The second-order valence-corrected chi connectivity index (χ2v) is 59.2. The van der Waals surface area contributed by atoms with Crippen LogP contribution in [0, 0.1) is 59.2 Å². The maximum absolute atomic E-state index is 13.9. The highest BCUT2D eigenvalue weighted by Crippen LogP contribution is 2.56. The number of hydrogen-bond acceptors (Lipinski definition) is 21. The van der Waals surface area contributed by atoms with Crippen LogP contribution in [0.2, 0.25) is 54.4 Å². The van der Waals surface area contributed by atoms with Gasteiger partial charge in [-0.1, -0.05) is 176 Å². The molecule has 12 rings (SSSR count). The van der Waals surface area contributed by atoms with Gasteiger partial charge in [0.1, 0.15) is 24.4 Å². The van der Waals surface area contributed by atoms with Crippen molar-refractivity contribution < 1.29 is 99.5 Å². The van der Waals surface area contributed by atoms with E-state index in [9.17, 15) is 19.8 Å². The van der Waals surface area contributed by atoms with Gasteiger partial charge in [0.2, 0.25) is 0 Å². The highest BCUT2D eigenvalue weighted by Gasteiger charge is 2.68. The first kappa shape index (κ1) is 106. The van der Waals surface area contributed by atoms with E-state index in [0.29, 0.717) is 62.4 Å². The number of hydrogen-bond donors (Lipinski definition) is 2. The Morgan fingerprint density at radius 1 is 0.571 bits per heavy atom. The molecule has 0 aromatic rings. The quantitative estimate of drug-likeness (QED) is 0.0252. The molecule has 12 aliphatic heterocycles. The van der Waals surface area contributed by atoms with E-state index in [0.717, 1.165) is 119 Å². The third-order valence-electron chi connectivity index (χ3n) is 32.7. The molecule has 718 valence electrons. The fourth-order valence-electron chi connectivity index (χ4n) is 21.1. The van der Waals surface area contributed by atoms with Crippen LogP contribution >= 0.6 is 0 Å². The van der Waals surface area contributed by atoms with Crippen molar-refractivity contribution >= 4 is 42.9 Å². The van der Waals surface area contributed by atoms with Gasteiger partial charge in [0, 0.05) is 57.0 Å². The first-order chi connectivity index (χ1) is 58.9. The average Bonchev–Trinajstić information content (AvgIpc) is 1.55. The molecule has 6 bridgehead atoms. The van der Waals surface area contributed by atoms with Crippen LogP contribution in [0.4, 0.5) is 0 Å². The van der Waals surface area contributed by atoms with E-state index in [-0.39, 0.29) is 203 Å². The number of carbonyl (C=O) groups excluding carboxylic acids is 4. The van der Waals surface area contributed by atoms with Gasteiger partial charge in [-0.2, -0.15) is 9.59 Å². The number of ketones is 1. The zero-order valence-electron chi connectivity index (χ0n) is 82.5. The minimum absolute atomic E-state index is 0.0145. The van der Waals surface area contributed by atoms with Crippen LogP contribution in [0.15, 0.2) is 86.1 Å². The van der Waals surface area contributed by atoms with Crippen LogP contribution < -0.4 is 0 Å². The van der Waals surface area contributed by atoms with E-state index in [1.54, 1.807) is 6.08 Å². The van der Waals surface area contributed by atoms with Gasteiger partial charge in [-0.25, -0.2) is 0 Å². The van der Waals surface area contributed by atoms with Gasteiger partial charge in [-0.15, -0.1) is 13.2 Å². The van der Waals surface area contributed by atoms with E-state index in [1.165, 1.54) is 12.7 Å². The smallest absolute Gasteiger partial charge is 0.373 e. The molecule has 0 aromatic heterocycles. The number of esters is 1. The summed E-state index contributed by atoms with van der Waals surface area (Å²) in [5.41, 5.74) is 4.51. The standard InChI is InChI=1S/C61H110O10Si3.C40H62O9.CO2/c1-25-26-51-43(6)44(7)57(71-74(23,24)61(15,16)17)58(69-51)52(70-73(21,22)60(12,13)14)31-28-46(62)27-29-47-35-41(4)50(66-47)32-30-48-34-40(3)42(5)54(67-48)37-55-49(36-56(63)64-18)45(8)53(68-55)33-39(2)38-65-72(19,20)59(9,10)11;1-8-10-31-25(7)36-38-39(46-31)37-35(47-38)19-40(48-36,49-37)14-13-28-16-22(4)30(43-28)12-11-27-15-21(3)23(5)33(44-27)18-34-29(9-2)24(6)32(45-34)17-26(42)20-41;2-1-3/h25,28,31,39-40,43-45,47-55,57-58H,1,4-5,26-27,29-30,32-38H2,2-3,6-24H3;8,21,24-39,41-42H,1,4-5,9-20H2,2-3,6-7H3;/b31-28+;;/t39-,40+,43+,44-,45+,47-,48-,49+,50?,51-,52-,53+,54+,55?,57-,58-;21-,24-,25+,26+,27+,28+,29-,30?,31+,32-,33-,34?,35-,36+,37+,38+,39+,40-;/m01./s1. The summed E-state index contributed by atoms with van der Waals surface area (Å²) in [5.74, 6) is 1.78. The van der Waals surface area contributed by atoms with Crippen LogP contribution in [0.25, 0.3) is 0 Å². The molecule has 12 aliphatic rings. The summed E-state index contributed by atoms with van der Waals surface area (Å²) in [6, 6.07) is 0. The summed E-state index contributed by atoms with van der Waals surface area (Å²) < 4.78 is 100. The summed E-state index contributed by atoms with van der Waals surface area (Å²) in [7, 11) is -4.96. The lowest BCUT2D eigenvalue weighted by Gasteiger charge is -2.52. The van der Waals surface area contributed by atoms with Crippen LogP contribution in [0.3, 0.4) is 0 Å². The van der Waals surface area contributed by atoms with E-state index >= 15 is 0 Å². The van der Waals surface area contributed by atoms with Gasteiger partial charge in [-0.05, 0) is 214 Å². The lowest BCUT2D eigenvalue weighted by atomic mass is 9.79. The fourth-order valence-corrected chi connectivity index (χ4v) is 24.8. The molecule has 0 aromatic carbocycles. The molecular weight excluding hydrogens is 1650 g/mol. The Kier molecular flexibility index (Phi) is 37.9. The van der Waals surface area contributed by atoms with Gasteiger partial charge < -0.3 is 80.3 Å². The second-order valence-electron chi connectivity index (χ2n) is 44.9. The molecule has 0 saturated carbocycles. The van der Waals surface area contributed by atoms with Crippen molar-refractivity contribution in [3.05, 3.63) is 86.1 Å². The molecule has 12 fully saturated rings. The van der Waals surface area contributed by atoms with E-state index in [2.05, 4.69) is 203 Å². The SMILES string of the molecule is C=CC[C@@H]1O[C@@H]([C@H](/C=C/C(=O)CC[C@H]2CC(=C)C(CC[C@H]3C[C@@H](C)C(=C)[C@@H](CC4O[C@H](C[C@H](C)CO[Si](C)(C)C(C)(C)C)[C@H](C)[C@H]4CC(=O)OC)O3)O2)O[Si](C)(C)C(C)(C)C)[C@@H](O[Si](C)(C)C(C)(C)C)[C@@H](C)[C@H]1C.C=CC[C@@H]1O[C@@H]2[C@H]3O[C@@H]4C[C@@](CC[C@H]5CC(=C)C(CC[C@H]6C[C@@H](C)C(=C)[C@@H](CC7O[C@H](C[C@H](O)CO)[C@H](C)[C@H]7CC)O6)O5)(O[C@H]24)O[C@H]3[C@H]1C.O=C=O. The Morgan fingerprint density at radius 2 is 1.06 bits per heavy atom. The zero-order valence-corrected chi connectivity index (χ0v) is 85.5. The van der Waals surface area contributed by atoms with Gasteiger partial charge in [0.25, 0.3) is 0 Å². The Balaban J connectivity index is 0.000000296. The third kappa shape index (κ3) is 26.2. The number of methoxy groups -OCH3 is 1. The van der Waals surface area contributed by atoms with Crippen molar-refractivity contribution in [1.29, 1.82) is 0 Å². The highest BCUT2D eigenvalue weighted by atomic mass is 28.4. The molecule has 126 heavy (non-hydrogen) atoms. The number of aliphatic hydroxyl groups is 2. The number of allylic oxidation sites excluding steroid dienone is 1. The summed E-state index contributed by atoms with van der Waals surface area (Å²) in [4.78, 5) is 42.9. The lowest BCUT2D eigenvalue weighted by Crippen LogP contribution is -2.60. The Morgan fingerprint density at radius 3 is 1.58 bits per heavy atom. The monoisotopic (exact) mass is 1820 g/mol. The number of rotatable bonds is 38. The maximum Gasteiger partial charge on any atom is 0.373 e. The first-order valence-electron chi connectivity index (χ1n) is 48.6.